The summed E-state index contributed by atoms with van der Waals surface area (Å²) in [7, 11) is 1.59. The first-order chi connectivity index (χ1) is 17.8. The Bertz CT molecular complexity index is 1350. The fraction of sp³-hybridized carbons (Fsp3) is 0.250. The lowest BCUT2D eigenvalue weighted by Crippen LogP contribution is -2.36. The van der Waals surface area contributed by atoms with E-state index in [2.05, 4.69) is 10.3 Å². The van der Waals surface area contributed by atoms with E-state index >= 15 is 0 Å². The highest BCUT2D eigenvalue weighted by atomic mass is 19.4. The molecule has 1 aromatic heterocycles. The number of rotatable bonds is 9. The number of carbonyl (C=O) groups excluding carboxylic acids is 1. The molecule has 194 valence electrons. The Morgan fingerprint density at radius 3 is 2.46 bits per heavy atom. The number of anilines is 1. The number of hydrogen-bond donors (Lipinski definition) is 2. The van der Waals surface area contributed by atoms with Crippen molar-refractivity contribution in [2.24, 2.45) is 0 Å². The Hall–Kier alpha value is -4.14. The Labute approximate surface area is 213 Å². The number of ether oxygens (including phenoxy) is 2. The van der Waals surface area contributed by atoms with Crippen molar-refractivity contribution >= 4 is 22.6 Å². The minimum absolute atomic E-state index is 0.206. The molecule has 37 heavy (non-hydrogen) atoms. The molecule has 1 heterocycles. The molecule has 0 aliphatic heterocycles. The molecule has 0 bridgehead atoms. The summed E-state index contributed by atoms with van der Waals surface area (Å²) in [6.45, 7) is 2.90. The second kappa shape index (κ2) is 11.3. The first-order valence-electron chi connectivity index (χ1n) is 11.9. The molecule has 0 saturated heterocycles. The molecule has 0 aliphatic carbocycles. The monoisotopic (exact) mass is 511 g/mol. The second-order valence-corrected chi connectivity index (χ2v) is 8.45. The van der Waals surface area contributed by atoms with Crippen molar-refractivity contribution in [3.63, 3.8) is 0 Å². The number of fused-ring (bicyclic) bond motifs is 1. The number of para-hydroxylation sites is 1. The lowest BCUT2D eigenvalue weighted by molar-refractivity contribution is -0.136. The van der Waals surface area contributed by atoms with Gasteiger partial charge in [0.05, 0.1) is 25.0 Å². The van der Waals surface area contributed by atoms with Crippen molar-refractivity contribution in [1.29, 1.82) is 0 Å². The first-order valence-corrected chi connectivity index (χ1v) is 11.9. The number of urea groups is 1. The van der Waals surface area contributed by atoms with Crippen molar-refractivity contribution in [2.45, 2.75) is 26.1 Å². The number of alkyl halides is 3. The molecule has 3 aromatic carbocycles. The van der Waals surface area contributed by atoms with Crippen LogP contribution >= 0.6 is 0 Å². The third-order valence-corrected chi connectivity index (χ3v) is 5.99. The molecule has 2 N–H and O–H groups in total. The molecule has 4 aromatic rings. The standard InChI is InChI=1S/C28H28F3N3O3/c1-3-37-21-10-8-19(9-11-21)18-34(27(35)33-26-7-5-4-6-24(26)28(29,30)31)15-14-20-17-32-25-13-12-22(36-2)16-23(20)25/h4-13,16-17,32H,3,14-15,18H2,1-2H3,(H,33,35). The Morgan fingerprint density at radius 2 is 1.76 bits per heavy atom. The maximum atomic E-state index is 13.5. The predicted octanol–water partition coefficient (Wildman–Crippen LogP) is 6.87. The quantitative estimate of drug-likeness (QED) is 0.258. The van der Waals surface area contributed by atoms with Gasteiger partial charge in [-0.1, -0.05) is 24.3 Å². The number of aromatic nitrogens is 1. The van der Waals surface area contributed by atoms with Crippen molar-refractivity contribution in [3.8, 4) is 11.5 Å². The Balaban J connectivity index is 1.57. The summed E-state index contributed by atoms with van der Waals surface area (Å²) in [5.41, 5.74) is 1.54. The van der Waals surface area contributed by atoms with Gasteiger partial charge in [-0.05, 0) is 66.9 Å². The lowest BCUT2D eigenvalue weighted by Gasteiger charge is -2.24. The Kier molecular flexibility index (Phi) is 7.91. The van der Waals surface area contributed by atoms with Crippen LogP contribution in [0.15, 0.2) is 72.9 Å². The van der Waals surface area contributed by atoms with Crippen molar-refractivity contribution in [1.82, 2.24) is 9.88 Å². The van der Waals surface area contributed by atoms with E-state index in [0.29, 0.717) is 24.5 Å². The van der Waals surface area contributed by atoms with Crippen LogP contribution in [0.4, 0.5) is 23.7 Å². The van der Waals surface area contributed by atoms with Crippen LogP contribution in [0, 0.1) is 0 Å². The molecule has 0 unspecified atom stereocenters. The van der Waals surface area contributed by atoms with Crippen LogP contribution in [-0.4, -0.2) is 36.2 Å². The second-order valence-electron chi connectivity index (χ2n) is 8.45. The highest BCUT2D eigenvalue weighted by Crippen LogP contribution is 2.34. The zero-order valence-corrected chi connectivity index (χ0v) is 20.6. The van der Waals surface area contributed by atoms with Gasteiger partial charge in [-0.25, -0.2) is 4.79 Å². The summed E-state index contributed by atoms with van der Waals surface area (Å²) in [6, 6.07) is 17.3. The normalized spacial score (nSPS) is 11.4. The predicted molar refractivity (Wildman–Crippen MR) is 137 cm³/mol. The number of H-pyrrole nitrogens is 1. The maximum Gasteiger partial charge on any atom is 0.418 e. The molecule has 6 nitrogen and oxygen atoms in total. The van der Waals surface area contributed by atoms with Gasteiger partial charge in [0, 0.05) is 30.2 Å². The molecule has 2 amide bonds. The zero-order chi connectivity index (χ0) is 26.4. The topological polar surface area (TPSA) is 66.6 Å². The highest BCUT2D eigenvalue weighted by molar-refractivity contribution is 5.90. The van der Waals surface area contributed by atoms with Crippen molar-refractivity contribution < 1.29 is 27.4 Å². The van der Waals surface area contributed by atoms with E-state index in [4.69, 9.17) is 9.47 Å². The van der Waals surface area contributed by atoms with Gasteiger partial charge in [0.25, 0.3) is 0 Å². The van der Waals surface area contributed by atoms with Gasteiger partial charge in [0.2, 0.25) is 0 Å². The molecule has 0 radical (unpaired) electrons. The summed E-state index contributed by atoms with van der Waals surface area (Å²) < 4.78 is 51.3. The van der Waals surface area contributed by atoms with Crippen molar-refractivity contribution in [2.75, 3.05) is 25.6 Å². The van der Waals surface area contributed by atoms with E-state index in [9.17, 15) is 18.0 Å². The molecular formula is C28H28F3N3O3. The third-order valence-electron chi connectivity index (χ3n) is 5.99. The van der Waals surface area contributed by atoms with Crippen LogP contribution in [0.1, 0.15) is 23.6 Å². The molecule has 0 atom stereocenters. The van der Waals surface area contributed by atoms with Crippen LogP contribution in [0.5, 0.6) is 11.5 Å². The number of nitrogens with zero attached hydrogens (tertiary/aromatic N) is 1. The summed E-state index contributed by atoms with van der Waals surface area (Å²) in [6.07, 6.45) is -2.23. The van der Waals surface area contributed by atoms with E-state index in [1.165, 1.54) is 23.1 Å². The minimum atomic E-state index is -4.59. The number of aromatic amines is 1. The molecule has 4 rings (SSSR count). The first kappa shape index (κ1) is 25.9. The number of hydrogen-bond acceptors (Lipinski definition) is 3. The van der Waals surface area contributed by atoms with Crippen LogP contribution in [0.3, 0.4) is 0 Å². The van der Waals surface area contributed by atoms with E-state index in [1.807, 2.05) is 43.5 Å². The molecular weight excluding hydrogens is 483 g/mol. The summed E-state index contributed by atoms with van der Waals surface area (Å²) in [4.78, 5) is 18.0. The fourth-order valence-electron chi connectivity index (χ4n) is 4.11. The number of methoxy groups -OCH3 is 1. The van der Waals surface area contributed by atoms with Crippen LogP contribution in [-0.2, 0) is 19.1 Å². The van der Waals surface area contributed by atoms with Gasteiger partial charge in [-0.3, -0.25) is 0 Å². The summed E-state index contributed by atoms with van der Waals surface area (Å²) in [5, 5.41) is 3.43. The van der Waals surface area contributed by atoms with Gasteiger partial charge in [0.1, 0.15) is 11.5 Å². The van der Waals surface area contributed by atoms with E-state index in [-0.39, 0.29) is 18.8 Å². The van der Waals surface area contributed by atoms with E-state index in [1.54, 1.807) is 19.2 Å². The molecule has 0 fully saturated rings. The zero-order valence-electron chi connectivity index (χ0n) is 20.6. The van der Waals surface area contributed by atoms with Crippen LogP contribution < -0.4 is 14.8 Å². The molecule has 9 heteroatoms. The Morgan fingerprint density at radius 1 is 1.03 bits per heavy atom. The van der Waals surface area contributed by atoms with Crippen molar-refractivity contribution in [3.05, 3.63) is 89.6 Å². The van der Waals surface area contributed by atoms with E-state index < -0.39 is 17.8 Å². The van der Waals surface area contributed by atoms with Gasteiger partial charge in [-0.15, -0.1) is 0 Å². The number of carbonyl (C=O) groups is 1. The summed E-state index contributed by atoms with van der Waals surface area (Å²) >= 11 is 0. The number of halogens is 3. The molecule has 0 aliphatic rings. The lowest BCUT2D eigenvalue weighted by atomic mass is 10.1. The van der Waals surface area contributed by atoms with Gasteiger partial charge < -0.3 is 24.7 Å². The third kappa shape index (κ3) is 6.35. The average Bonchev–Trinajstić information content (AvgIpc) is 3.29. The highest BCUT2D eigenvalue weighted by Gasteiger charge is 2.34. The number of nitrogens with one attached hydrogen (secondary N) is 2. The van der Waals surface area contributed by atoms with Crippen LogP contribution in [0.25, 0.3) is 10.9 Å². The fourth-order valence-corrected chi connectivity index (χ4v) is 4.11. The maximum absolute atomic E-state index is 13.5. The summed E-state index contributed by atoms with van der Waals surface area (Å²) in [5.74, 6) is 1.41. The van der Waals surface area contributed by atoms with Gasteiger partial charge in [0.15, 0.2) is 0 Å². The smallest absolute Gasteiger partial charge is 0.418 e. The van der Waals surface area contributed by atoms with Gasteiger partial charge >= 0.3 is 12.2 Å². The van der Waals surface area contributed by atoms with E-state index in [0.717, 1.165) is 28.1 Å². The molecule has 0 saturated carbocycles. The average molecular weight is 512 g/mol. The van der Waals surface area contributed by atoms with Crippen LogP contribution in [0.2, 0.25) is 0 Å². The number of benzene rings is 3. The SMILES string of the molecule is CCOc1ccc(CN(CCc2c[nH]c3ccc(OC)cc23)C(=O)Nc2ccccc2C(F)(F)F)cc1. The minimum Gasteiger partial charge on any atom is -0.497 e. The largest absolute Gasteiger partial charge is 0.497 e. The van der Waals surface area contributed by atoms with Gasteiger partial charge in [-0.2, -0.15) is 13.2 Å². The molecule has 0 spiro atoms. The number of amides is 2.